The van der Waals surface area contributed by atoms with Gasteiger partial charge in [-0.25, -0.2) is 18.9 Å². The maximum atomic E-state index is 12.6. The van der Waals surface area contributed by atoms with Gasteiger partial charge in [0.25, 0.3) is 0 Å². The molecule has 1 N–H and O–H groups in total. The lowest BCUT2D eigenvalue weighted by atomic mass is 10.2. The van der Waals surface area contributed by atoms with Crippen LogP contribution in [0.25, 0.3) is 11.2 Å². The number of anilines is 1. The summed E-state index contributed by atoms with van der Waals surface area (Å²) in [6.07, 6.45) is 2.56. The quantitative estimate of drug-likeness (QED) is 0.905. The molecular weight excluding hydrogens is 245 g/mol. The lowest BCUT2D eigenvalue weighted by Crippen LogP contribution is -2.19. The molecule has 0 aromatic carbocycles. The molecule has 2 rings (SSSR count). The lowest BCUT2D eigenvalue weighted by molar-refractivity contribution is -0.118. The van der Waals surface area contributed by atoms with E-state index in [9.17, 15) is 8.68 Å². The van der Waals surface area contributed by atoms with Crippen molar-refractivity contribution in [3.8, 4) is 0 Å². The minimum atomic E-state index is -0.193. The van der Waals surface area contributed by atoms with Gasteiger partial charge in [-0.3, -0.25) is 4.79 Å². The van der Waals surface area contributed by atoms with Gasteiger partial charge in [0.1, 0.15) is 18.2 Å². The van der Waals surface area contributed by atoms with E-state index in [1.54, 1.807) is 13.8 Å². The smallest absolute Gasteiger partial charge is 0.228 e. The highest BCUT2D eigenvalue weighted by Gasteiger charge is 2.15. The van der Waals surface area contributed by atoms with Crippen LogP contribution in [-0.4, -0.2) is 24.8 Å². The molecular formula is C9H10FN5OS. The van der Waals surface area contributed by atoms with Gasteiger partial charge in [0, 0.05) is 5.92 Å². The summed E-state index contributed by atoms with van der Waals surface area (Å²) in [5, 5.41) is 2.61. The molecule has 17 heavy (non-hydrogen) atoms. The molecule has 2 heterocycles. The summed E-state index contributed by atoms with van der Waals surface area (Å²) >= 11 is -0.0225. The molecule has 0 saturated carbocycles. The molecule has 0 aliphatic carbocycles. The van der Waals surface area contributed by atoms with Crippen LogP contribution in [0.15, 0.2) is 12.7 Å². The van der Waals surface area contributed by atoms with Crippen LogP contribution in [-0.2, 0) is 4.79 Å². The van der Waals surface area contributed by atoms with Gasteiger partial charge < -0.3 is 5.32 Å². The topological polar surface area (TPSA) is 72.7 Å². The van der Waals surface area contributed by atoms with E-state index in [0.717, 1.165) is 3.97 Å². The Hall–Kier alpha value is -1.70. The third-order valence-electron chi connectivity index (χ3n) is 2.15. The van der Waals surface area contributed by atoms with E-state index in [4.69, 9.17) is 0 Å². The van der Waals surface area contributed by atoms with Gasteiger partial charge in [-0.15, -0.1) is 3.89 Å². The number of fused-ring (bicyclic) bond motifs is 1. The molecule has 0 unspecified atom stereocenters. The van der Waals surface area contributed by atoms with Crippen molar-refractivity contribution in [2.45, 2.75) is 13.8 Å². The third kappa shape index (κ3) is 2.21. The highest BCUT2D eigenvalue weighted by molar-refractivity contribution is 7.92. The number of rotatable bonds is 3. The highest BCUT2D eigenvalue weighted by atomic mass is 32.2. The second-order valence-corrected chi connectivity index (χ2v) is 4.21. The van der Waals surface area contributed by atoms with Crippen LogP contribution in [0.2, 0.25) is 0 Å². The summed E-state index contributed by atoms with van der Waals surface area (Å²) in [4.78, 5) is 23.3. The normalized spacial score (nSPS) is 11.1. The number of hydrogen-bond donors (Lipinski definition) is 1. The van der Waals surface area contributed by atoms with Crippen molar-refractivity contribution in [1.29, 1.82) is 0 Å². The van der Waals surface area contributed by atoms with E-state index in [-0.39, 0.29) is 30.0 Å². The molecule has 90 valence electrons. The van der Waals surface area contributed by atoms with Gasteiger partial charge >= 0.3 is 0 Å². The molecule has 2 aromatic rings. The van der Waals surface area contributed by atoms with Gasteiger partial charge in [0.2, 0.25) is 5.91 Å². The molecule has 0 atom stereocenters. The van der Waals surface area contributed by atoms with Crippen LogP contribution < -0.4 is 5.32 Å². The molecule has 6 nitrogen and oxygen atoms in total. The maximum absolute atomic E-state index is 12.6. The van der Waals surface area contributed by atoms with E-state index in [0.29, 0.717) is 11.2 Å². The molecule has 0 bridgehead atoms. The van der Waals surface area contributed by atoms with E-state index >= 15 is 0 Å². The SMILES string of the molecule is CC(C)C(=O)Nc1ncnc2ncn(SF)c12. The monoisotopic (exact) mass is 255 g/mol. The van der Waals surface area contributed by atoms with Crippen molar-refractivity contribution in [3.63, 3.8) is 0 Å². The molecule has 2 aromatic heterocycles. The number of imidazole rings is 1. The number of amides is 1. The Labute approximate surface area is 101 Å². The number of hydrogen-bond acceptors (Lipinski definition) is 5. The van der Waals surface area contributed by atoms with Crippen molar-refractivity contribution in [2.24, 2.45) is 5.92 Å². The van der Waals surface area contributed by atoms with Crippen LogP contribution in [0.1, 0.15) is 13.8 Å². The van der Waals surface area contributed by atoms with Crippen LogP contribution in [0.5, 0.6) is 0 Å². The number of carbonyl (C=O) groups excluding carboxylic acids is 1. The highest BCUT2D eigenvalue weighted by Crippen LogP contribution is 2.23. The summed E-state index contributed by atoms with van der Waals surface area (Å²) in [5.74, 6) is -0.118. The fourth-order valence-electron chi connectivity index (χ4n) is 1.24. The molecule has 0 aliphatic heterocycles. The maximum Gasteiger partial charge on any atom is 0.228 e. The Morgan fingerprint density at radius 1 is 1.47 bits per heavy atom. The van der Waals surface area contributed by atoms with Crippen molar-refractivity contribution in [2.75, 3.05) is 5.32 Å². The predicted molar refractivity (Wildman–Crippen MR) is 62.9 cm³/mol. The van der Waals surface area contributed by atoms with Crippen molar-refractivity contribution < 1.29 is 8.68 Å². The minimum absolute atomic E-state index is 0.0225. The average Bonchev–Trinajstić information content (AvgIpc) is 2.72. The van der Waals surface area contributed by atoms with E-state index < -0.39 is 0 Å². The first-order valence-corrected chi connectivity index (χ1v) is 5.59. The molecule has 0 saturated heterocycles. The first-order valence-electron chi connectivity index (χ1n) is 4.91. The first-order chi connectivity index (χ1) is 8.13. The number of aromatic nitrogens is 4. The summed E-state index contributed by atoms with van der Waals surface area (Å²) in [5.41, 5.74) is 0.693. The van der Waals surface area contributed by atoms with Gasteiger partial charge in [0.15, 0.2) is 23.8 Å². The fourth-order valence-corrected chi connectivity index (χ4v) is 1.56. The van der Waals surface area contributed by atoms with E-state index in [1.165, 1.54) is 12.7 Å². The van der Waals surface area contributed by atoms with Gasteiger partial charge in [0.05, 0.1) is 0 Å². The zero-order valence-electron chi connectivity index (χ0n) is 9.22. The largest absolute Gasteiger partial charge is 0.309 e. The van der Waals surface area contributed by atoms with Crippen LogP contribution in [0.4, 0.5) is 9.70 Å². The summed E-state index contributed by atoms with van der Waals surface area (Å²) in [6.45, 7) is 3.52. The lowest BCUT2D eigenvalue weighted by Gasteiger charge is -2.07. The van der Waals surface area contributed by atoms with Gasteiger partial charge in [-0.05, 0) is 0 Å². The Kier molecular flexibility index (Phi) is 3.23. The van der Waals surface area contributed by atoms with Crippen LogP contribution in [0.3, 0.4) is 0 Å². The molecule has 0 radical (unpaired) electrons. The van der Waals surface area contributed by atoms with Crippen molar-refractivity contribution >= 4 is 35.2 Å². The van der Waals surface area contributed by atoms with Crippen LogP contribution in [0, 0.1) is 5.92 Å². The fraction of sp³-hybridized carbons (Fsp3) is 0.333. The van der Waals surface area contributed by atoms with E-state index in [2.05, 4.69) is 20.3 Å². The first kappa shape index (κ1) is 11.8. The Morgan fingerprint density at radius 3 is 2.88 bits per heavy atom. The second-order valence-electron chi connectivity index (χ2n) is 3.68. The van der Waals surface area contributed by atoms with Gasteiger partial charge in [-0.2, -0.15) is 0 Å². The average molecular weight is 255 g/mol. The summed E-state index contributed by atoms with van der Waals surface area (Å²) in [7, 11) is 0. The van der Waals surface area contributed by atoms with Crippen molar-refractivity contribution in [1.82, 2.24) is 18.9 Å². The Balaban J connectivity index is 2.46. The molecule has 0 aliphatic rings. The number of halogens is 1. The number of nitrogens with one attached hydrogen (secondary N) is 1. The zero-order chi connectivity index (χ0) is 12.4. The Morgan fingerprint density at radius 2 is 2.24 bits per heavy atom. The van der Waals surface area contributed by atoms with Crippen molar-refractivity contribution in [3.05, 3.63) is 12.7 Å². The second kappa shape index (κ2) is 4.66. The molecule has 8 heteroatoms. The number of nitrogens with zero attached hydrogens (tertiary/aromatic N) is 4. The molecule has 1 amide bonds. The van der Waals surface area contributed by atoms with Crippen LogP contribution >= 0.6 is 12.3 Å². The number of carbonyl (C=O) groups is 1. The van der Waals surface area contributed by atoms with E-state index in [1.807, 2.05) is 0 Å². The molecule has 0 fully saturated rings. The summed E-state index contributed by atoms with van der Waals surface area (Å²) in [6, 6.07) is 0. The standard InChI is InChI=1S/C9H10FN5OS/c1-5(2)9(16)14-8-6-7(11-3-12-8)13-4-15(6)17-10/h3-5H,1-2H3,(H,11,12,14,16). The molecule has 0 spiro atoms. The third-order valence-corrected chi connectivity index (χ3v) is 2.57. The predicted octanol–water partition coefficient (Wildman–Crippen LogP) is 1.80. The minimum Gasteiger partial charge on any atom is -0.309 e. The zero-order valence-corrected chi connectivity index (χ0v) is 10.0. The summed E-state index contributed by atoms with van der Waals surface area (Å²) < 4.78 is 13.8. The Bertz CT molecular complexity index is 555. The van der Waals surface area contributed by atoms with Gasteiger partial charge in [-0.1, -0.05) is 13.8 Å².